The van der Waals surface area contributed by atoms with Gasteiger partial charge in [0.05, 0.1) is 7.11 Å². The maximum absolute atomic E-state index is 5.57. The molecule has 1 N–H and O–H groups in total. The summed E-state index contributed by atoms with van der Waals surface area (Å²) in [6, 6.07) is 6.79. The minimum absolute atomic E-state index is 0.408. The molecule has 0 bridgehead atoms. The third-order valence-electron chi connectivity index (χ3n) is 4.32. The molecule has 1 aliphatic carbocycles. The van der Waals surface area contributed by atoms with Crippen molar-refractivity contribution in [3.8, 4) is 5.75 Å². The lowest BCUT2D eigenvalue weighted by Crippen LogP contribution is -2.24. The molecule has 0 aliphatic heterocycles. The second kappa shape index (κ2) is 8.04. The van der Waals surface area contributed by atoms with E-state index in [2.05, 4.69) is 46.4 Å². The molecular weight excluding hydrogens is 314 g/mol. The predicted octanol–water partition coefficient (Wildman–Crippen LogP) is 5.08. The van der Waals surface area contributed by atoms with Gasteiger partial charge in [0.1, 0.15) is 5.75 Å². The highest BCUT2D eigenvalue weighted by Gasteiger charge is 2.22. The molecule has 2 rings (SSSR count). The molecule has 1 unspecified atom stereocenters. The van der Waals surface area contributed by atoms with E-state index in [0.29, 0.717) is 6.04 Å². The molecule has 1 aromatic carbocycles. The smallest absolute Gasteiger partial charge is 0.124 e. The van der Waals surface area contributed by atoms with Gasteiger partial charge in [-0.1, -0.05) is 61.0 Å². The number of ether oxygens (including phenoxy) is 1. The summed E-state index contributed by atoms with van der Waals surface area (Å²) in [5.41, 5.74) is 1.29. The number of methoxy groups -OCH3 is 1. The summed E-state index contributed by atoms with van der Waals surface area (Å²) in [6.07, 6.45) is 8.24. The fraction of sp³-hybridized carbons (Fsp3) is 0.647. The zero-order chi connectivity index (χ0) is 14.4. The first kappa shape index (κ1) is 15.8. The molecule has 112 valence electrons. The molecule has 1 fully saturated rings. The number of nitrogens with one attached hydrogen (secondary N) is 1. The Morgan fingerprint density at radius 1 is 1.30 bits per heavy atom. The first-order valence-electron chi connectivity index (χ1n) is 7.81. The van der Waals surface area contributed by atoms with Crippen LogP contribution in [0.2, 0.25) is 0 Å². The van der Waals surface area contributed by atoms with Gasteiger partial charge >= 0.3 is 0 Å². The minimum Gasteiger partial charge on any atom is -0.496 e. The van der Waals surface area contributed by atoms with E-state index in [4.69, 9.17) is 4.74 Å². The highest BCUT2D eigenvalue weighted by atomic mass is 79.9. The van der Waals surface area contributed by atoms with Gasteiger partial charge in [0.25, 0.3) is 0 Å². The van der Waals surface area contributed by atoms with Crippen LogP contribution in [0.3, 0.4) is 0 Å². The minimum atomic E-state index is 0.408. The summed E-state index contributed by atoms with van der Waals surface area (Å²) in [5.74, 6) is 1.85. The van der Waals surface area contributed by atoms with Crippen molar-refractivity contribution in [1.82, 2.24) is 5.32 Å². The maximum atomic E-state index is 5.57. The van der Waals surface area contributed by atoms with Crippen molar-refractivity contribution in [2.45, 2.75) is 51.5 Å². The highest BCUT2D eigenvalue weighted by molar-refractivity contribution is 9.10. The Hall–Kier alpha value is -0.540. The van der Waals surface area contributed by atoms with Crippen LogP contribution >= 0.6 is 15.9 Å². The molecule has 0 heterocycles. The molecule has 0 radical (unpaired) electrons. The van der Waals surface area contributed by atoms with Gasteiger partial charge in [-0.3, -0.25) is 0 Å². The zero-order valence-corrected chi connectivity index (χ0v) is 14.2. The Morgan fingerprint density at radius 2 is 2.05 bits per heavy atom. The van der Waals surface area contributed by atoms with Gasteiger partial charge in [0.2, 0.25) is 0 Å². The first-order valence-corrected chi connectivity index (χ1v) is 8.60. The molecular formula is C17H26BrNO. The molecule has 2 nitrogen and oxygen atoms in total. The Bertz CT molecular complexity index is 415. The van der Waals surface area contributed by atoms with Gasteiger partial charge in [0, 0.05) is 16.1 Å². The quantitative estimate of drug-likeness (QED) is 0.780. The largest absolute Gasteiger partial charge is 0.496 e. The van der Waals surface area contributed by atoms with E-state index in [9.17, 15) is 0 Å². The maximum Gasteiger partial charge on any atom is 0.124 e. The van der Waals surface area contributed by atoms with Crippen molar-refractivity contribution in [2.24, 2.45) is 5.92 Å². The van der Waals surface area contributed by atoms with Crippen molar-refractivity contribution >= 4 is 15.9 Å². The lowest BCUT2D eigenvalue weighted by atomic mass is 9.83. The Balaban J connectivity index is 2.14. The van der Waals surface area contributed by atoms with E-state index >= 15 is 0 Å². The average Bonchev–Trinajstić information content (AvgIpc) is 2.48. The van der Waals surface area contributed by atoms with Crippen molar-refractivity contribution in [3.05, 3.63) is 28.2 Å². The summed E-state index contributed by atoms with van der Waals surface area (Å²) in [4.78, 5) is 0. The second-order valence-corrected chi connectivity index (χ2v) is 6.65. The van der Waals surface area contributed by atoms with Crippen LogP contribution in [0.1, 0.15) is 57.1 Å². The van der Waals surface area contributed by atoms with Crippen molar-refractivity contribution in [1.29, 1.82) is 0 Å². The summed E-state index contributed by atoms with van der Waals surface area (Å²) in [6.45, 7) is 3.18. The van der Waals surface area contributed by atoms with Crippen LogP contribution in [-0.4, -0.2) is 13.7 Å². The molecule has 3 heteroatoms. The molecule has 20 heavy (non-hydrogen) atoms. The zero-order valence-electron chi connectivity index (χ0n) is 12.6. The first-order chi connectivity index (χ1) is 9.74. The molecule has 0 aromatic heterocycles. The summed E-state index contributed by atoms with van der Waals surface area (Å²) < 4.78 is 6.65. The predicted molar refractivity (Wildman–Crippen MR) is 88.3 cm³/mol. The van der Waals surface area contributed by atoms with Crippen LogP contribution in [0, 0.1) is 5.92 Å². The molecule has 1 atom stereocenters. The van der Waals surface area contributed by atoms with E-state index in [1.54, 1.807) is 7.11 Å². The lowest BCUT2D eigenvalue weighted by Gasteiger charge is -2.28. The second-order valence-electron chi connectivity index (χ2n) is 5.74. The molecule has 0 saturated heterocycles. The lowest BCUT2D eigenvalue weighted by molar-refractivity contribution is 0.297. The Kier molecular flexibility index (Phi) is 6.37. The van der Waals surface area contributed by atoms with Crippen LogP contribution < -0.4 is 10.1 Å². The Morgan fingerprint density at radius 3 is 2.70 bits per heavy atom. The van der Waals surface area contributed by atoms with E-state index < -0.39 is 0 Å². The van der Waals surface area contributed by atoms with Crippen molar-refractivity contribution in [3.63, 3.8) is 0 Å². The number of hydrogen-bond donors (Lipinski definition) is 1. The highest BCUT2D eigenvalue weighted by Crippen LogP contribution is 2.36. The monoisotopic (exact) mass is 339 g/mol. The molecule has 1 aromatic rings. The van der Waals surface area contributed by atoms with Gasteiger partial charge in [0.15, 0.2) is 0 Å². The third kappa shape index (κ3) is 4.23. The fourth-order valence-corrected chi connectivity index (χ4v) is 3.64. The average molecular weight is 340 g/mol. The van der Waals surface area contributed by atoms with Crippen LogP contribution in [0.15, 0.2) is 22.7 Å². The number of halogens is 1. The van der Waals surface area contributed by atoms with Crippen molar-refractivity contribution in [2.75, 3.05) is 13.7 Å². The molecule has 0 spiro atoms. The topological polar surface area (TPSA) is 21.3 Å². The van der Waals surface area contributed by atoms with E-state index in [0.717, 1.165) is 22.7 Å². The van der Waals surface area contributed by atoms with Crippen LogP contribution in [0.4, 0.5) is 0 Å². The van der Waals surface area contributed by atoms with E-state index in [1.165, 1.54) is 44.1 Å². The van der Waals surface area contributed by atoms with Gasteiger partial charge < -0.3 is 10.1 Å². The van der Waals surface area contributed by atoms with Gasteiger partial charge in [-0.2, -0.15) is 0 Å². The summed E-state index contributed by atoms with van der Waals surface area (Å²) in [7, 11) is 1.76. The van der Waals surface area contributed by atoms with Gasteiger partial charge in [-0.25, -0.2) is 0 Å². The number of benzene rings is 1. The Labute approximate surface area is 131 Å². The van der Waals surface area contributed by atoms with Crippen LogP contribution in [0.25, 0.3) is 0 Å². The van der Waals surface area contributed by atoms with Gasteiger partial charge in [-0.15, -0.1) is 0 Å². The number of hydrogen-bond acceptors (Lipinski definition) is 2. The standard InChI is InChI=1S/C17H26BrNO/c1-3-19-16(11-13-7-5-4-6-8-13)15-10-9-14(18)12-17(15)20-2/h9-10,12-13,16,19H,3-8,11H2,1-2H3. The van der Waals surface area contributed by atoms with E-state index in [-0.39, 0.29) is 0 Å². The number of rotatable bonds is 6. The normalized spacial score (nSPS) is 17.9. The van der Waals surface area contributed by atoms with Crippen LogP contribution in [-0.2, 0) is 0 Å². The summed E-state index contributed by atoms with van der Waals surface area (Å²) >= 11 is 3.52. The third-order valence-corrected chi connectivity index (χ3v) is 4.81. The molecule has 1 saturated carbocycles. The van der Waals surface area contributed by atoms with Gasteiger partial charge in [-0.05, 0) is 31.0 Å². The SMILES string of the molecule is CCNC(CC1CCCCC1)c1ccc(Br)cc1OC. The summed E-state index contributed by atoms with van der Waals surface area (Å²) in [5, 5.41) is 3.65. The van der Waals surface area contributed by atoms with Crippen LogP contribution in [0.5, 0.6) is 5.75 Å². The molecule has 1 aliphatic rings. The fourth-order valence-electron chi connectivity index (χ4n) is 3.30. The van der Waals surface area contributed by atoms with E-state index in [1.807, 2.05) is 0 Å². The van der Waals surface area contributed by atoms with Crippen molar-refractivity contribution < 1.29 is 4.74 Å². The molecule has 0 amide bonds.